The third-order valence-electron chi connectivity index (χ3n) is 2.57. The Bertz CT molecular complexity index is 811. The van der Waals surface area contributed by atoms with Crippen LogP contribution >= 0.6 is 38.5 Å². The van der Waals surface area contributed by atoms with Gasteiger partial charge in [0.05, 0.1) is 11.3 Å². The normalized spacial score (nSPS) is 11.2. The predicted octanol–water partition coefficient (Wildman–Crippen LogP) is 3.96. The number of carbonyl (C=O) groups is 1. The van der Waals surface area contributed by atoms with Gasteiger partial charge in [0.15, 0.2) is 0 Å². The summed E-state index contributed by atoms with van der Waals surface area (Å²) in [4.78, 5) is 11.6. The highest BCUT2D eigenvalue weighted by atomic mass is 127. The van der Waals surface area contributed by atoms with Gasteiger partial charge in [-0.3, -0.25) is 4.79 Å². The van der Waals surface area contributed by atoms with Crippen LogP contribution in [0, 0.1) is 3.57 Å². The Hall–Kier alpha value is -1.000. The molecular weight excluding hydrogens is 476 g/mol. The Kier molecular flexibility index (Phi) is 4.99. The molecule has 0 aliphatic carbocycles. The average molecular weight is 484 g/mol. The fraction of sp³-hybridized carbons (Fsp3) is 0. The van der Waals surface area contributed by atoms with Crippen LogP contribution in [0.3, 0.4) is 0 Å². The zero-order chi connectivity index (χ0) is 15.6. The molecule has 8 heteroatoms. The number of benzene rings is 2. The lowest BCUT2D eigenvalue weighted by Gasteiger charge is -2.09. The van der Waals surface area contributed by atoms with Gasteiger partial charge in [0.2, 0.25) is 0 Å². The summed E-state index contributed by atoms with van der Waals surface area (Å²) in [6, 6.07) is 10.4. The minimum atomic E-state index is -4.91. The fourth-order valence-electron chi connectivity index (χ4n) is 1.64. The van der Waals surface area contributed by atoms with E-state index in [0.29, 0.717) is 13.6 Å². The molecule has 0 saturated heterocycles. The van der Waals surface area contributed by atoms with E-state index in [1.165, 1.54) is 18.2 Å². The molecule has 0 saturated carbocycles. The van der Waals surface area contributed by atoms with E-state index in [9.17, 15) is 17.1 Å². The molecule has 21 heavy (non-hydrogen) atoms. The van der Waals surface area contributed by atoms with Crippen molar-refractivity contribution in [1.29, 1.82) is 0 Å². The van der Waals surface area contributed by atoms with Crippen LogP contribution in [0.15, 0.2) is 51.8 Å². The van der Waals surface area contributed by atoms with E-state index in [0.717, 1.165) is 6.07 Å². The van der Waals surface area contributed by atoms with Gasteiger partial charge >= 0.3 is 10.2 Å². The van der Waals surface area contributed by atoms with E-state index >= 15 is 0 Å². The van der Waals surface area contributed by atoms with Crippen LogP contribution in [0.1, 0.15) is 10.4 Å². The Balaban J connectivity index is 2.39. The number of rotatable bonds is 3. The second kappa shape index (κ2) is 6.41. The van der Waals surface area contributed by atoms with E-state index in [2.05, 4.69) is 21.2 Å². The van der Waals surface area contributed by atoms with Crippen LogP contribution in [0.5, 0.6) is 0 Å². The van der Waals surface area contributed by atoms with Gasteiger partial charge in [0.1, 0.15) is 4.90 Å². The number of hydrogen-bond donors (Lipinski definition) is 1. The topological polar surface area (TPSA) is 63.2 Å². The highest BCUT2D eigenvalue weighted by Gasteiger charge is 2.19. The molecule has 0 aromatic heterocycles. The molecule has 2 aromatic carbocycles. The van der Waals surface area contributed by atoms with Crippen LogP contribution in [0.2, 0.25) is 0 Å². The summed E-state index contributed by atoms with van der Waals surface area (Å²) < 4.78 is 36.7. The molecule has 0 aliphatic rings. The van der Waals surface area contributed by atoms with Crippen molar-refractivity contribution >= 4 is 60.3 Å². The van der Waals surface area contributed by atoms with Crippen molar-refractivity contribution in [3.05, 3.63) is 56.1 Å². The van der Waals surface area contributed by atoms with Crippen molar-refractivity contribution in [1.82, 2.24) is 0 Å². The SMILES string of the molecule is O=C(Nc1ccccc1S(=O)(=O)F)c1cc(Br)ccc1I. The van der Waals surface area contributed by atoms with Gasteiger partial charge in [0.25, 0.3) is 5.91 Å². The maximum absolute atomic E-state index is 13.2. The zero-order valence-electron chi connectivity index (χ0n) is 10.3. The maximum Gasteiger partial charge on any atom is 0.334 e. The number of anilines is 1. The molecule has 0 unspecified atom stereocenters. The number of halogens is 3. The largest absolute Gasteiger partial charge is 0.334 e. The van der Waals surface area contributed by atoms with Crippen LogP contribution < -0.4 is 5.32 Å². The van der Waals surface area contributed by atoms with E-state index in [1.807, 2.05) is 22.6 Å². The Morgan fingerprint density at radius 2 is 1.86 bits per heavy atom. The second-order valence-corrected chi connectivity index (χ2v) is 7.41. The number of amides is 1. The summed E-state index contributed by atoms with van der Waals surface area (Å²) in [5, 5.41) is 2.42. The molecule has 4 nitrogen and oxygen atoms in total. The molecule has 0 radical (unpaired) electrons. The quantitative estimate of drug-likeness (QED) is 0.530. The first-order valence-corrected chi connectivity index (χ1v) is 8.84. The van der Waals surface area contributed by atoms with Gasteiger partial charge in [-0.25, -0.2) is 0 Å². The van der Waals surface area contributed by atoms with Crippen LogP contribution in [-0.4, -0.2) is 14.3 Å². The standard InChI is InChI=1S/C13H8BrFINO3S/c14-8-5-6-10(16)9(7-8)13(18)17-11-3-1-2-4-12(11)21(15,19)20/h1-7H,(H,17,18). The first-order chi connectivity index (χ1) is 9.79. The predicted molar refractivity (Wildman–Crippen MR) is 89.5 cm³/mol. The van der Waals surface area contributed by atoms with Crippen molar-refractivity contribution in [2.45, 2.75) is 4.90 Å². The summed E-state index contributed by atoms with van der Waals surface area (Å²) in [5.41, 5.74) is 0.261. The lowest BCUT2D eigenvalue weighted by atomic mass is 10.2. The molecule has 1 N–H and O–H groups in total. The van der Waals surface area contributed by atoms with Crippen LogP contribution in [0.25, 0.3) is 0 Å². The van der Waals surface area contributed by atoms with Gasteiger partial charge in [-0.15, -0.1) is 3.89 Å². The Morgan fingerprint density at radius 1 is 1.19 bits per heavy atom. The zero-order valence-corrected chi connectivity index (χ0v) is 14.9. The number of para-hydroxylation sites is 1. The van der Waals surface area contributed by atoms with Gasteiger partial charge in [-0.1, -0.05) is 28.1 Å². The van der Waals surface area contributed by atoms with Crippen molar-refractivity contribution < 1.29 is 17.1 Å². The first-order valence-electron chi connectivity index (χ1n) is 5.59. The van der Waals surface area contributed by atoms with E-state index in [4.69, 9.17) is 0 Å². The number of carbonyl (C=O) groups excluding carboxylic acids is 1. The average Bonchev–Trinajstić information content (AvgIpc) is 2.41. The molecule has 2 aromatic rings. The molecule has 1 amide bonds. The lowest BCUT2D eigenvalue weighted by Crippen LogP contribution is -2.15. The lowest BCUT2D eigenvalue weighted by molar-refractivity contribution is 0.102. The monoisotopic (exact) mass is 483 g/mol. The molecule has 0 spiro atoms. The summed E-state index contributed by atoms with van der Waals surface area (Å²) in [6.45, 7) is 0. The summed E-state index contributed by atoms with van der Waals surface area (Å²) in [7, 11) is -4.91. The first kappa shape index (κ1) is 16.4. The van der Waals surface area contributed by atoms with Crippen molar-refractivity contribution in [2.24, 2.45) is 0 Å². The highest BCUT2D eigenvalue weighted by molar-refractivity contribution is 14.1. The van der Waals surface area contributed by atoms with Crippen LogP contribution in [-0.2, 0) is 10.2 Å². The second-order valence-electron chi connectivity index (χ2n) is 4.01. The fourth-order valence-corrected chi connectivity index (χ4v) is 3.21. The third-order valence-corrected chi connectivity index (χ3v) is 4.89. The summed E-state index contributed by atoms with van der Waals surface area (Å²) in [5.74, 6) is -0.517. The van der Waals surface area contributed by atoms with Crippen molar-refractivity contribution in [2.75, 3.05) is 5.32 Å². The van der Waals surface area contributed by atoms with Gasteiger partial charge < -0.3 is 5.32 Å². The number of nitrogens with one attached hydrogen (secondary N) is 1. The van der Waals surface area contributed by atoms with Crippen molar-refractivity contribution in [3.63, 3.8) is 0 Å². The molecule has 0 atom stereocenters. The molecule has 0 fully saturated rings. The van der Waals surface area contributed by atoms with E-state index in [-0.39, 0.29) is 5.69 Å². The third kappa shape index (κ3) is 4.01. The van der Waals surface area contributed by atoms with E-state index in [1.54, 1.807) is 18.2 Å². The van der Waals surface area contributed by atoms with Gasteiger partial charge in [0, 0.05) is 8.04 Å². The van der Waals surface area contributed by atoms with Crippen LogP contribution in [0.4, 0.5) is 9.57 Å². The molecular formula is C13H8BrFINO3S. The van der Waals surface area contributed by atoms with E-state index < -0.39 is 21.0 Å². The van der Waals surface area contributed by atoms with Gasteiger partial charge in [-0.05, 0) is 52.9 Å². The van der Waals surface area contributed by atoms with Crippen molar-refractivity contribution in [3.8, 4) is 0 Å². The minimum Gasteiger partial charge on any atom is -0.321 e. The Morgan fingerprint density at radius 3 is 2.52 bits per heavy atom. The molecule has 2 rings (SSSR count). The van der Waals surface area contributed by atoms with Gasteiger partial charge in [-0.2, -0.15) is 8.42 Å². The maximum atomic E-state index is 13.2. The highest BCUT2D eigenvalue weighted by Crippen LogP contribution is 2.25. The summed E-state index contributed by atoms with van der Waals surface area (Å²) in [6.07, 6.45) is 0. The Labute approximate surface area is 143 Å². The molecule has 0 heterocycles. The molecule has 0 bridgehead atoms. The molecule has 0 aliphatic heterocycles. The minimum absolute atomic E-state index is 0.0965. The molecule has 110 valence electrons. The smallest absolute Gasteiger partial charge is 0.321 e. The summed E-state index contributed by atoms with van der Waals surface area (Å²) >= 11 is 5.24. The number of hydrogen-bond acceptors (Lipinski definition) is 3.